The highest BCUT2D eigenvalue weighted by Gasteiger charge is 2.40. The third kappa shape index (κ3) is 4.30. The van der Waals surface area contributed by atoms with Gasteiger partial charge in [0.25, 0.3) is 0 Å². The van der Waals surface area contributed by atoms with Crippen LogP contribution < -0.4 is 5.32 Å². The number of nitrogens with one attached hydrogen (secondary N) is 1. The quantitative estimate of drug-likeness (QED) is 0.817. The van der Waals surface area contributed by atoms with Gasteiger partial charge >= 0.3 is 12.1 Å². The van der Waals surface area contributed by atoms with E-state index in [0.29, 0.717) is 10.5 Å². The highest BCUT2D eigenvalue weighted by molar-refractivity contribution is 7.16. The van der Waals surface area contributed by atoms with E-state index in [2.05, 4.69) is 5.32 Å². The van der Waals surface area contributed by atoms with Gasteiger partial charge in [-0.1, -0.05) is 0 Å². The lowest BCUT2D eigenvalue weighted by Gasteiger charge is -2.18. The molecule has 2 rings (SSSR count). The summed E-state index contributed by atoms with van der Waals surface area (Å²) in [4.78, 5) is 37.3. The summed E-state index contributed by atoms with van der Waals surface area (Å²) in [6, 6.07) is 0. The van der Waals surface area contributed by atoms with Gasteiger partial charge in [0, 0.05) is 17.8 Å². The fourth-order valence-corrected chi connectivity index (χ4v) is 3.65. The number of ether oxygens (including phenoxy) is 1. The van der Waals surface area contributed by atoms with Crippen LogP contribution in [0.4, 0.5) is 18.2 Å². The predicted octanol–water partition coefficient (Wildman–Crippen LogP) is 2.50. The van der Waals surface area contributed by atoms with E-state index in [9.17, 15) is 27.6 Å². The van der Waals surface area contributed by atoms with Crippen LogP contribution in [-0.4, -0.2) is 49.1 Å². The number of amides is 2. The summed E-state index contributed by atoms with van der Waals surface area (Å²) >= 11 is 1.17. The molecule has 138 valence electrons. The molecule has 0 aliphatic carbocycles. The fourth-order valence-electron chi connectivity index (χ4n) is 2.59. The van der Waals surface area contributed by atoms with Crippen molar-refractivity contribution in [3.8, 4) is 0 Å². The van der Waals surface area contributed by atoms with Crippen LogP contribution in [-0.2, 0) is 14.3 Å². The predicted molar refractivity (Wildman–Crippen MR) is 84.5 cm³/mol. The molecule has 2 amide bonds. The second-order valence-corrected chi connectivity index (χ2v) is 6.98. The van der Waals surface area contributed by atoms with Crippen LogP contribution in [0, 0.1) is 19.8 Å². The van der Waals surface area contributed by atoms with Crippen molar-refractivity contribution in [1.29, 1.82) is 0 Å². The number of thiophene rings is 1. The molecule has 0 spiro atoms. The molecule has 0 bridgehead atoms. The molecule has 1 fully saturated rings. The van der Waals surface area contributed by atoms with Crippen molar-refractivity contribution in [3.05, 3.63) is 16.0 Å². The SMILES string of the molecule is COC(=O)c1c(NC(=O)C2CC(=O)N(CC(F)(F)F)C2)sc(C)c1C. The minimum atomic E-state index is -4.51. The summed E-state index contributed by atoms with van der Waals surface area (Å²) in [5.41, 5.74) is 0.878. The summed E-state index contributed by atoms with van der Waals surface area (Å²) < 4.78 is 42.0. The normalized spacial score (nSPS) is 17.8. The number of likely N-dealkylation sites (tertiary alicyclic amines) is 1. The molecule has 6 nitrogen and oxygen atoms in total. The van der Waals surface area contributed by atoms with E-state index in [1.54, 1.807) is 13.8 Å². The first-order valence-corrected chi connectivity index (χ1v) is 8.18. The molecule has 1 aromatic heterocycles. The molecule has 1 aliphatic heterocycles. The molecule has 10 heteroatoms. The second kappa shape index (κ2) is 7.03. The summed E-state index contributed by atoms with van der Waals surface area (Å²) in [6.07, 6.45) is -4.81. The standard InChI is InChI=1S/C15H17F3N2O4S/c1-7-8(2)25-13(11(7)14(23)24-3)19-12(22)9-4-10(21)20(5-9)6-15(16,17)18/h9H,4-6H2,1-3H3,(H,19,22). The summed E-state index contributed by atoms with van der Waals surface area (Å²) in [5.74, 6) is -2.82. The third-order valence-electron chi connectivity index (χ3n) is 3.97. The van der Waals surface area contributed by atoms with E-state index in [4.69, 9.17) is 4.74 Å². The molecule has 1 N–H and O–H groups in total. The van der Waals surface area contributed by atoms with Gasteiger partial charge in [0.15, 0.2) is 0 Å². The van der Waals surface area contributed by atoms with Gasteiger partial charge < -0.3 is 15.0 Å². The average molecular weight is 378 g/mol. The zero-order valence-corrected chi connectivity index (χ0v) is 14.6. The Morgan fingerprint density at radius 2 is 2.00 bits per heavy atom. The number of rotatable bonds is 4. The lowest BCUT2D eigenvalue weighted by atomic mass is 10.1. The van der Waals surface area contributed by atoms with E-state index in [0.717, 1.165) is 4.88 Å². The maximum absolute atomic E-state index is 12.4. The number of carbonyl (C=O) groups excluding carboxylic acids is 3. The lowest BCUT2D eigenvalue weighted by molar-refractivity contribution is -0.157. The Morgan fingerprint density at radius 1 is 1.36 bits per heavy atom. The topological polar surface area (TPSA) is 75.7 Å². The van der Waals surface area contributed by atoms with Crippen molar-refractivity contribution in [2.75, 3.05) is 25.5 Å². The van der Waals surface area contributed by atoms with Gasteiger partial charge in [-0.2, -0.15) is 13.2 Å². The molecular formula is C15H17F3N2O4S. The number of hydrogen-bond acceptors (Lipinski definition) is 5. The molecule has 0 saturated carbocycles. The van der Waals surface area contributed by atoms with Crippen molar-refractivity contribution in [1.82, 2.24) is 4.90 Å². The van der Waals surface area contributed by atoms with Gasteiger partial charge in [0.05, 0.1) is 18.6 Å². The maximum atomic E-state index is 12.4. The van der Waals surface area contributed by atoms with E-state index in [1.165, 1.54) is 18.4 Å². The maximum Gasteiger partial charge on any atom is 0.406 e. The molecule has 0 aromatic carbocycles. The van der Waals surface area contributed by atoms with Gasteiger partial charge in [-0.05, 0) is 19.4 Å². The number of hydrogen-bond donors (Lipinski definition) is 1. The molecule has 2 heterocycles. The van der Waals surface area contributed by atoms with Crippen LogP contribution in [0.3, 0.4) is 0 Å². The van der Waals surface area contributed by atoms with Crippen LogP contribution in [0.15, 0.2) is 0 Å². The van der Waals surface area contributed by atoms with Crippen LogP contribution in [0.5, 0.6) is 0 Å². The van der Waals surface area contributed by atoms with Gasteiger partial charge in [-0.3, -0.25) is 9.59 Å². The van der Waals surface area contributed by atoms with Gasteiger partial charge in [0.1, 0.15) is 11.5 Å². The molecule has 1 aliphatic rings. The first-order chi connectivity index (χ1) is 11.5. The Bertz CT molecular complexity index is 714. The molecule has 25 heavy (non-hydrogen) atoms. The second-order valence-electron chi connectivity index (χ2n) is 5.76. The summed E-state index contributed by atoms with van der Waals surface area (Å²) in [5, 5.41) is 2.82. The molecule has 0 radical (unpaired) electrons. The third-order valence-corrected chi connectivity index (χ3v) is 5.09. The Morgan fingerprint density at radius 3 is 2.56 bits per heavy atom. The highest BCUT2D eigenvalue weighted by Crippen LogP contribution is 2.34. The minimum Gasteiger partial charge on any atom is -0.465 e. The monoisotopic (exact) mass is 378 g/mol. The number of carbonyl (C=O) groups is 3. The Balaban J connectivity index is 2.12. The van der Waals surface area contributed by atoms with Crippen LogP contribution in [0.2, 0.25) is 0 Å². The van der Waals surface area contributed by atoms with E-state index in [-0.39, 0.29) is 23.5 Å². The molecule has 1 saturated heterocycles. The highest BCUT2D eigenvalue weighted by atomic mass is 32.1. The molecule has 1 unspecified atom stereocenters. The van der Waals surface area contributed by atoms with Crippen molar-refractivity contribution in [2.24, 2.45) is 5.92 Å². The van der Waals surface area contributed by atoms with Crippen molar-refractivity contribution in [2.45, 2.75) is 26.4 Å². The number of anilines is 1. The van der Waals surface area contributed by atoms with Gasteiger partial charge in [0.2, 0.25) is 11.8 Å². The first kappa shape index (κ1) is 19.2. The number of halogens is 3. The Hall–Kier alpha value is -2.10. The Labute approximate surface area is 145 Å². The van der Waals surface area contributed by atoms with E-state index in [1.807, 2.05) is 0 Å². The number of methoxy groups -OCH3 is 1. The zero-order valence-electron chi connectivity index (χ0n) is 13.8. The summed E-state index contributed by atoms with van der Waals surface area (Å²) in [6.45, 7) is 1.80. The van der Waals surface area contributed by atoms with E-state index >= 15 is 0 Å². The van der Waals surface area contributed by atoms with Crippen LogP contribution in [0.25, 0.3) is 0 Å². The number of aryl methyl sites for hydroxylation is 1. The number of nitrogens with zero attached hydrogens (tertiary/aromatic N) is 1. The molecule has 1 atom stereocenters. The number of esters is 1. The van der Waals surface area contributed by atoms with Crippen molar-refractivity contribution < 1.29 is 32.3 Å². The van der Waals surface area contributed by atoms with Crippen LogP contribution in [0.1, 0.15) is 27.2 Å². The zero-order chi connectivity index (χ0) is 18.9. The largest absolute Gasteiger partial charge is 0.465 e. The fraction of sp³-hybridized carbons (Fsp3) is 0.533. The first-order valence-electron chi connectivity index (χ1n) is 7.37. The smallest absolute Gasteiger partial charge is 0.406 e. The van der Waals surface area contributed by atoms with Gasteiger partial charge in [-0.15, -0.1) is 11.3 Å². The van der Waals surface area contributed by atoms with Gasteiger partial charge in [-0.25, -0.2) is 4.79 Å². The summed E-state index contributed by atoms with van der Waals surface area (Å²) in [7, 11) is 1.21. The lowest BCUT2D eigenvalue weighted by Crippen LogP contribution is -2.36. The molecular weight excluding hydrogens is 361 g/mol. The van der Waals surface area contributed by atoms with Crippen LogP contribution >= 0.6 is 11.3 Å². The minimum absolute atomic E-state index is 0.217. The van der Waals surface area contributed by atoms with E-state index < -0.39 is 36.4 Å². The Kier molecular flexibility index (Phi) is 5.40. The number of alkyl halides is 3. The van der Waals surface area contributed by atoms with Crippen molar-refractivity contribution >= 4 is 34.1 Å². The molecule has 1 aromatic rings. The van der Waals surface area contributed by atoms with Crippen molar-refractivity contribution in [3.63, 3.8) is 0 Å². The average Bonchev–Trinajstić information content (AvgIpc) is 2.98.